The summed E-state index contributed by atoms with van der Waals surface area (Å²) in [6.45, 7) is 4.01. The van der Waals surface area contributed by atoms with Crippen LogP contribution in [0.2, 0.25) is 0 Å². The molecule has 0 spiro atoms. The number of aromatic nitrogens is 1. The molecule has 0 aliphatic carbocycles. The maximum Gasteiger partial charge on any atom is 0.335 e. The molecule has 7 nitrogen and oxygen atoms in total. The summed E-state index contributed by atoms with van der Waals surface area (Å²) in [5.74, 6) is -1.05. The summed E-state index contributed by atoms with van der Waals surface area (Å²) in [6.07, 6.45) is 2.93. The van der Waals surface area contributed by atoms with Crippen LogP contribution in [0.15, 0.2) is 31.0 Å². The Hall–Kier alpha value is -2.41. The predicted octanol–water partition coefficient (Wildman–Crippen LogP) is 0.470. The number of carboxylic acids is 1. The molecule has 0 radical (unpaired) electrons. The Morgan fingerprint density at radius 1 is 1.50 bits per heavy atom. The number of carboxylic acid groups (broad SMARTS) is 1. The molecule has 0 aliphatic rings. The minimum Gasteiger partial charge on any atom is -0.478 e. The van der Waals surface area contributed by atoms with Crippen LogP contribution in [0.25, 0.3) is 0 Å². The van der Waals surface area contributed by atoms with Gasteiger partial charge in [0, 0.05) is 19.3 Å². The van der Waals surface area contributed by atoms with E-state index in [0.717, 1.165) is 0 Å². The summed E-state index contributed by atoms with van der Waals surface area (Å²) in [4.78, 5) is 28.0. The second-order valence-electron chi connectivity index (χ2n) is 3.96. The lowest BCUT2D eigenvalue weighted by atomic mass is 10.2. The zero-order valence-corrected chi connectivity index (χ0v) is 11.0. The molecule has 0 aliphatic heterocycles. The average Bonchev–Trinajstić information content (AvgIpc) is 2.45. The van der Waals surface area contributed by atoms with Gasteiger partial charge in [-0.05, 0) is 12.1 Å². The van der Waals surface area contributed by atoms with E-state index in [-0.39, 0.29) is 31.3 Å². The van der Waals surface area contributed by atoms with Gasteiger partial charge in [0.1, 0.15) is 0 Å². The topological polar surface area (TPSA) is 103 Å². The van der Waals surface area contributed by atoms with Crippen LogP contribution in [0.3, 0.4) is 0 Å². The number of urea groups is 1. The highest BCUT2D eigenvalue weighted by molar-refractivity contribution is 5.87. The molecular formula is C13H17N3O4. The number of hydrogen-bond acceptors (Lipinski definition) is 4. The second-order valence-corrected chi connectivity index (χ2v) is 3.96. The van der Waals surface area contributed by atoms with Crippen LogP contribution in [0, 0.1) is 0 Å². The Labute approximate surface area is 116 Å². The van der Waals surface area contributed by atoms with Gasteiger partial charge in [-0.15, -0.1) is 6.58 Å². The highest BCUT2D eigenvalue weighted by Crippen LogP contribution is 2.02. The molecule has 0 fully saturated rings. The van der Waals surface area contributed by atoms with Gasteiger partial charge in [-0.2, -0.15) is 0 Å². The third-order valence-corrected chi connectivity index (χ3v) is 2.49. The number of hydrogen-bond donors (Lipinski definition) is 3. The highest BCUT2D eigenvalue weighted by Gasteiger charge is 2.11. The summed E-state index contributed by atoms with van der Waals surface area (Å²) in [6, 6.07) is 2.40. The SMILES string of the molecule is C=CCN(CCO)C(=O)NCc1cc(C(=O)O)ccn1. The van der Waals surface area contributed by atoms with Crippen LogP contribution < -0.4 is 5.32 Å². The van der Waals surface area contributed by atoms with Gasteiger partial charge in [-0.1, -0.05) is 6.08 Å². The lowest BCUT2D eigenvalue weighted by Gasteiger charge is -2.20. The molecule has 0 saturated heterocycles. The maximum atomic E-state index is 11.8. The Morgan fingerprint density at radius 3 is 2.85 bits per heavy atom. The third kappa shape index (κ3) is 4.69. The molecule has 2 amide bonds. The van der Waals surface area contributed by atoms with Crippen molar-refractivity contribution in [3.8, 4) is 0 Å². The molecule has 3 N–H and O–H groups in total. The molecule has 7 heteroatoms. The first-order valence-corrected chi connectivity index (χ1v) is 6.01. The second kappa shape index (κ2) is 7.90. The van der Waals surface area contributed by atoms with Crippen molar-refractivity contribution in [2.45, 2.75) is 6.54 Å². The van der Waals surface area contributed by atoms with Crippen molar-refractivity contribution in [3.05, 3.63) is 42.2 Å². The Kier molecular flexibility index (Phi) is 6.18. The fourth-order valence-electron chi connectivity index (χ4n) is 1.54. The number of carbonyl (C=O) groups is 2. The molecule has 20 heavy (non-hydrogen) atoms. The minimum absolute atomic E-state index is 0.110. The number of pyridine rings is 1. The molecule has 1 rings (SSSR count). The minimum atomic E-state index is -1.05. The summed E-state index contributed by atoms with van der Waals surface area (Å²) < 4.78 is 0. The van der Waals surface area contributed by atoms with E-state index in [2.05, 4.69) is 16.9 Å². The number of aliphatic hydroxyl groups excluding tert-OH is 1. The summed E-state index contributed by atoms with van der Waals surface area (Å²) in [7, 11) is 0. The molecule has 0 saturated carbocycles. The molecule has 1 aromatic rings. The number of amides is 2. The standard InChI is InChI=1S/C13H17N3O4/c1-2-5-16(6-7-17)13(20)15-9-11-8-10(12(18)19)3-4-14-11/h2-4,8,17H,1,5-7,9H2,(H,15,20)(H,18,19). The van der Waals surface area contributed by atoms with Crippen LogP contribution in [-0.2, 0) is 6.54 Å². The van der Waals surface area contributed by atoms with E-state index in [1.807, 2.05) is 0 Å². The Morgan fingerprint density at radius 2 is 2.25 bits per heavy atom. The van der Waals surface area contributed by atoms with Gasteiger partial charge in [0.2, 0.25) is 0 Å². The number of rotatable bonds is 7. The van der Waals surface area contributed by atoms with E-state index in [1.54, 1.807) is 6.08 Å². The van der Waals surface area contributed by atoms with Crippen LogP contribution in [-0.4, -0.2) is 51.8 Å². The monoisotopic (exact) mass is 279 g/mol. The number of aromatic carboxylic acids is 1. The first-order valence-electron chi connectivity index (χ1n) is 6.01. The largest absolute Gasteiger partial charge is 0.478 e. The third-order valence-electron chi connectivity index (χ3n) is 2.49. The van der Waals surface area contributed by atoms with Gasteiger partial charge >= 0.3 is 12.0 Å². The number of aliphatic hydroxyl groups is 1. The average molecular weight is 279 g/mol. The van der Waals surface area contributed by atoms with E-state index >= 15 is 0 Å². The molecule has 0 atom stereocenters. The van der Waals surface area contributed by atoms with Crippen LogP contribution in [0.4, 0.5) is 4.79 Å². The first-order chi connectivity index (χ1) is 9.58. The highest BCUT2D eigenvalue weighted by atomic mass is 16.4. The van der Waals surface area contributed by atoms with Crippen molar-refractivity contribution in [3.63, 3.8) is 0 Å². The van der Waals surface area contributed by atoms with Crippen molar-refractivity contribution >= 4 is 12.0 Å². The van der Waals surface area contributed by atoms with Gasteiger partial charge in [-0.3, -0.25) is 4.98 Å². The van der Waals surface area contributed by atoms with Gasteiger partial charge in [0.05, 0.1) is 24.4 Å². The Bertz CT molecular complexity index is 490. The predicted molar refractivity (Wildman–Crippen MR) is 72.3 cm³/mol. The maximum absolute atomic E-state index is 11.8. The molecule has 1 aromatic heterocycles. The smallest absolute Gasteiger partial charge is 0.335 e. The van der Waals surface area contributed by atoms with Crippen molar-refractivity contribution in [2.24, 2.45) is 0 Å². The van der Waals surface area contributed by atoms with Crippen molar-refractivity contribution in [1.82, 2.24) is 15.2 Å². The van der Waals surface area contributed by atoms with Gasteiger partial charge in [0.25, 0.3) is 0 Å². The zero-order chi connectivity index (χ0) is 15.0. The van der Waals surface area contributed by atoms with Crippen molar-refractivity contribution in [2.75, 3.05) is 19.7 Å². The molecule has 0 bridgehead atoms. The van der Waals surface area contributed by atoms with E-state index in [9.17, 15) is 9.59 Å². The molecular weight excluding hydrogens is 262 g/mol. The summed E-state index contributed by atoms with van der Waals surface area (Å²) in [5, 5.41) is 20.3. The summed E-state index contributed by atoms with van der Waals surface area (Å²) in [5.41, 5.74) is 0.559. The van der Waals surface area contributed by atoms with Crippen molar-refractivity contribution in [1.29, 1.82) is 0 Å². The van der Waals surface area contributed by atoms with Gasteiger partial charge in [0.15, 0.2) is 0 Å². The quantitative estimate of drug-likeness (QED) is 0.630. The van der Waals surface area contributed by atoms with Gasteiger partial charge < -0.3 is 20.4 Å². The number of nitrogens with one attached hydrogen (secondary N) is 1. The Balaban J connectivity index is 2.61. The number of nitrogens with zero attached hydrogens (tertiary/aromatic N) is 2. The zero-order valence-electron chi connectivity index (χ0n) is 11.0. The lowest BCUT2D eigenvalue weighted by Crippen LogP contribution is -2.41. The van der Waals surface area contributed by atoms with Crippen LogP contribution in [0.1, 0.15) is 16.1 Å². The fourth-order valence-corrected chi connectivity index (χ4v) is 1.54. The van der Waals surface area contributed by atoms with Crippen LogP contribution >= 0.6 is 0 Å². The molecule has 1 heterocycles. The lowest BCUT2D eigenvalue weighted by molar-refractivity contribution is 0.0696. The van der Waals surface area contributed by atoms with E-state index in [0.29, 0.717) is 12.2 Å². The molecule has 108 valence electrons. The van der Waals surface area contributed by atoms with Crippen LogP contribution in [0.5, 0.6) is 0 Å². The number of carbonyl (C=O) groups excluding carboxylic acids is 1. The molecule has 0 aromatic carbocycles. The summed E-state index contributed by atoms with van der Waals surface area (Å²) >= 11 is 0. The first kappa shape index (κ1) is 15.6. The van der Waals surface area contributed by atoms with Gasteiger partial charge in [-0.25, -0.2) is 9.59 Å². The van der Waals surface area contributed by atoms with E-state index < -0.39 is 5.97 Å². The van der Waals surface area contributed by atoms with E-state index in [1.165, 1.54) is 23.2 Å². The fraction of sp³-hybridized carbons (Fsp3) is 0.308. The van der Waals surface area contributed by atoms with E-state index in [4.69, 9.17) is 10.2 Å². The normalized spacial score (nSPS) is 9.85. The molecule has 0 unspecified atom stereocenters. The van der Waals surface area contributed by atoms with Crippen molar-refractivity contribution < 1.29 is 19.8 Å².